The molecule has 0 amide bonds. The zero-order valence-electron chi connectivity index (χ0n) is 13.9. The quantitative estimate of drug-likeness (QED) is 0.496. The average Bonchev–Trinajstić information content (AvgIpc) is 3.07. The van der Waals surface area contributed by atoms with Crippen LogP contribution in [-0.2, 0) is 13.0 Å². The van der Waals surface area contributed by atoms with Crippen LogP contribution < -0.4 is 5.56 Å². The number of rotatable bonds is 6. The van der Waals surface area contributed by atoms with Gasteiger partial charge in [0.1, 0.15) is 5.82 Å². The number of hydrogen-bond donors (Lipinski definition) is 0. The highest BCUT2D eigenvalue weighted by Gasteiger charge is 2.11. The fourth-order valence-corrected chi connectivity index (χ4v) is 2.41. The Morgan fingerprint density at radius 2 is 2.12 bits per heavy atom. The third-order valence-corrected chi connectivity index (χ3v) is 3.87. The van der Waals surface area contributed by atoms with E-state index >= 15 is 0 Å². The van der Waals surface area contributed by atoms with Crippen molar-refractivity contribution in [1.29, 1.82) is 0 Å². The lowest BCUT2D eigenvalue weighted by Gasteiger charge is -2.03. The minimum atomic E-state index is -0.555. The predicted molar refractivity (Wildman–Crippen MR) is 90.1 cm³/mol. The number of halogens is 1. The molecule has 0 aliphatic heterocycles. The molecule has 0 aliphatic rings. The van der Waals surface area contributed by atoms with Crippen LogP contribution in [0.4, 0.5) is 10.1 Å². The van der Waals surface area contributed by atoms with Crippen molar-refractivity contribution in [2.45, 2.75) is 26.3 Å². The van der Waals surface area contributed by atoms with Crippen LogP contribution in [0.25, 0.3) is 11.4 Å². The monoisotopic (exact) mass is 358 g/mol. The van der Waals surface area contributed by atoms with Crippen LogP contribution in [-0.4, -0.2) is 19.6 Å². The highest BCUT2D eigenvalue weighted by molar-refractivity contribution is 5.54. The van der Waals surface area contributed by atoms with E-state index in [0.29, 0.717) is 29.9 Å². The van der Waals surface area contributed by atoms with Crippen molar-refractivity contribution in [2.24, 2.45) is 0 Å². The lowest BCUT2D eigenvalue weighted by atomic mass is 10.1. The molecular formula is C17H15FN4O4. The Labute approximate surface area is 147 Å². The summed E-state index contributed by atoms with van der Waals surface area (Å²) in [6.45, 7) is 1.94. The van der Waals surface area contributed by atoms with E-state index in [1.54, 1.807) is 19.1 Å². The first-order valence-corrected chi connectivity index (χ1v) is 7.88. The summed E-state index contributed by atoms with van der Waals surface area (Å²) in [5.41, 5.74) is 0.570. The van der Waals surface area contributed by atoms with Gasteiger partial charge in [0.15, 0.2) is 0 Å². The van der Waals surface area contributed by atoms with Gasteiger partial charge in [-0.15, -0.1) is 0 Å². The largest absolute Gasteiger partial charge is 0.339 e. The summed E-state index contributed by atoms with van der Waals surface area (Å²) in [6.07, 6.45) is 2.07. The number of aromatic nitrogens is 3. The maximum absolute atomic E-state index is 13.6. The molecule has 0 aliphatic carbocycles. The second-order valence-electron chi connectivity index (χ2n) is 5.76. The van der Waals surface area contributed by atoms with Gasteiger partial charge in [0.2, 0.25) is 11.7 Å². The van der Waals surface area contributed by atoms with Gasteiger partial charge >= 0.3 is 0 Å². The third-order valence-electron chi connectivity index (χ3n) is 3.87. The fourth-order valence-electron chi connectivity index (χ4n) is 2.41. The van der Waals surface area contributed by atoms with Crippen LogP contribution in [0.1, 0.15) is 17.9 Å². The van der Waals surface area contributed by atoms with E-state index in [1.807, 2.05) is 0 Å². The third kappa shape index (κ3) is 3.82. The lowest BCUT2D eigenvalue weighted by Crippen LogP contribution is -2.19. The topological polar surface area (TPSA) is 104 Å². The molecule has 1 aromatic carbocycles. The summed E-state index contributed by atoms with van der Waals surface area (Å²) < 4.78 is 20.0. The first-order chi connectivity index (χ1) is 12.4. The highest BCUT2D eigenvalue weighted by Crippen LogP contribution is 2.19. The number of hydrogen-bond acceptors (Lipinski definition) is 6. The maximum atomic E-state index is 13.6. The molecule has 2 aromatic heterocycles. The van der Waals surface area contributed by atoms with E-state index in [-0.39, 0.29) is 29.4 Å². The van der Waals surface area contributed by atoms with Gasteiger partial charge < -0.3 is 9.09 Å². The molecular weight excluding hydrogens is 343 g/mol. The van der Waals surface area contributed by atoms with Gasteiger partial charge in [-0.1, -0.05) is 17.3 Å². The van der Waals surface area contributed by atoms with Gasteiger partial charge in [-0.25, -0.2) is 4.39 Å². The van der Waals surface area contributed by atoms with Gasteiger partial charge in [0, 0.05) is 30.7 Å². The first-order valence-electron chi connectivity index (χ1n) is 7.88. The molecule has 0 bridgehead atoms. The van der Waals surface area contributed by atoms with Gasteiger partial charge in [0.25, 0.3) is 11.2 Å². The lowest BCUT2D eigenvalue weighted by molar-refractivity contribution is -0.385. The molecule has 0 fully saturated rings. The molecule has 0 spiro atoms. The minimum absolute atomic E-state index is 0.147. The Hall–Kier alpha value is -3.36. The Kier molecular flexibility index (Phi) is 4.87. The van der Waals surface area contributed by atoms with Gasteiger partial charge in [-0.3, -0.25) is 14.9 Å². The summed E-state index contributed by atoms with van der Waals surface area (Å²) in [6, 6.07) is 7.01. The molecule has 134 valence electrons. The molecule has 0 unspecified atom stereocenters. The average molecular weight is 358 g/mol. The molecule has 0 N–H and O–H groups in total. The predicted octanol–water partition coefficient (Wildman–Crippen LogP) is 2.89. The van der Waals surface area contributed by atoms with Crippen molar-refractivity contribution >= 4 is 5.69 Å². The van der Waals surface area contributed by atoms with Crippen LogP contribution in [0.3, 0.4) is 0 Å². The molecule has 0 radical (unpaired) electrons. The smallest absolute Gasteiger partial charge is 0.285 e. The van der Waals surface area contributed by atoms with E-state index in [0.717, 1.165) is 6.07 Å². The van der Waals surface area contributed by atoms with Gasteiger partial charge in [0.05, 0.1) is 11.1 Å². The summed E-state index contributed by atoms with van der Waals surface area (Å²) in [5.74, 6) is 0.282. The van der Waals surface area contributed by atoms with Gasteiger partial charge in [-0.05, 0) is 25.0 Å². The maximum Gasteiger partial charge on any atom is 0.285 e. The van der Waals surface area contributed by atoms with Crippen molar-refractivity contribution in [1.82, 2.24) is 14.7 Å². The molecule has 0 saturated carbocycles. The van der Waals surface area contributed by atoms with Gasteiger partial charge in [-0.2, -0.15) is 4.98 Å². The molecule has 2 heterocycles. The van der Waals surface area contributed by atoms with Crippen molar-refractivity contribution in [3.05, 3.63) is 74.3 Å². The number of nitrogens with zero attached hydrogens (tertiary/aromatic N) is 4. The summed E-state index contributed by atoms with van der Waals surface area (Å²) >= 11 is 0. The summed E-state index contributed by atoms with van der Waals surface area (Å²) in [4.78, 5) is 26.2. The van der Waals surface area contributed by atoms with Crippen LogP contribution in [0.5, 0.6) is 0 Å². The van der Waals surface area contributed by atoms with Crippen LogP contribution in [0, 0.1) is 22.9 Å². The summed E-state index contributed by atoms with van der Waals surface area (Å²) in [5, 5.41) is 14.6. The Bertz CT molecular complexity index is 1010. The van der Waals surface area contributed by atoms with E-state index < -0.39 is 4.92 Å². The minimum Gasteiger partial charge on any atom is -0.339 e. The van der Waals surface area contributed by atoms with Crippen LogP contribution in [0.15, 0.2) is 45.8 Å². The normalized spacial score (nSPS) is 10.8. The van der Waals surface area contributed by atoms with Crippen LogP contribution in [0.2, 0.25) is 0 Å². The van der Waals surface area contributed by atoms with Crippen molar-refractivity contribution in [3.63, 3.8) is 0 Å². The number of pyridine rings is 1. The molecule has 0 saturated heterocycles. The second-order valence-corrected chi connectivity index (χ2v) is 5.76. The zero-order valence-corrected chi connectivity index (χ0v) is 13.9. The molecule has 9 heteroatoms. The molecule has 8 nitrogen and oxygen atoms in total. The summed E-state index contributed by atoms with van der Waals surface area (Å²) in [7, 11) is 0. The molecule has 3 rings (SSSR count). The van der Waals surface area contributed by atoms with Crippen molar-refractivity contribution in [2.75, 3.05) is 0 Å². The molecule has 26 heavy (non-hydrogen) atoms. The Balaban J connectivity index is 1.65. The number of benzene rings is 1. The molecule has 0 atom stereocenters. The Morgan fingerprint density at radius 3 is 2.85 bits per heavy atom. The van der Waals surface area contributed by atoms with E-state index in [9.17, 15) is 19.3 Å². The highest BCUT2D eigenvalue weighted by atomic mass is 19.1. The first kappa shape index (κ1) is 17.5. The number of aryl methyl sites for hydroxylation is 3. The van der Waals surface area contributed by atoms with E-state index in [1.165, 1.54) is 22.9 Å². The number of nitro groups is 1. The standard InChI is InChI=1S/C17H15FN4O4/c1-11-4-5-12(9-14(11)18)17-19-15(26-20-17)3-2-8-21-10-13(22(24)25)6-7-16(21)23/h4-7,9-10H,2-3,8H2,1H3. The van der Waals surface area contributed by atoms with Crippen molar-refractivity contribution in [3.8, 4) is 11.4 Å². The second kappa shape index (κ2) is 7.26. The fraction of sp³-hybridized carbons (Fsp3) is 0.235. The van der Waals surface area contributed by atoms with E-state index in [4.69, 9.17) is 4.52 Å². The van der Waals surface area contributed by atoms with Crippen molar-refractivity contribution < 1.29 is 13.8 Å². The molecule has 3 aromatic rings. The van der Waals surface area contributed by atoms with E-state index in [2.05, 4.69) is 10.1 Å². The SMILES string of the molecule is Cc1ccc(-c2noc(CCCn3cc([N+](=O)[O-])ccc3=O)n2)cc1F. The zero-order chi connectivity index (χ0) is 18.7. The van der Waals surface area contributed by atoms with Crippen LogP contribution >= 0.6 is 0 Å². The Morgan fingerprint density at radius 1 is 1.31 bits per heavy atom.